The minimum absolute atomic E-state index is 0.0367. The summed E-state index contributed by atoms with van der Waals surface area (Å²) < 4.78 is 79.9. The van der Waals surface area contributed by atoms with E-state index in [0.717, 1.165) is 36.6 Å². The van der Waals surface area contributed by atoms with Crippen molar-refractivity contribution in [1.29, 1.82) is 0 Å². The van der Waals surface area contributed by atoms with Crippen molar-refractivity contribution in [2.45, 2.75) is 76.6 Å². The van der Waals surface area contributed by atoms with Crippen molar-refractivity contribution in [3.05, 3.63) is 41.2 Å². The Balaban J connectivity index is 1.76. The molecule has 4 N–H and O–H groups in total. The van der Waals surface area contributed by atoms with Gasteiger partial charge in [-0.15, -0.1) is 0 Å². The Hall–Kier alpha value is -3.09. The third kappa shape index (κ3) is 7.76. The molecule has 222 valence electrons. The number of hydrogen-bond acceptors (Lipinski definition) is 4. The molecule has 1 aromatic carbocycles. The molecule has 2 aliphatic rings. The molecule has 1 saturated carbocycles. The van der Waals surface area contributed by atoms with Crippen LogP contribution >= 0.6 is 0 Å². The Labute approximate surface area is 228 Å². The van der Waals surface area contributed by atoms with E-state index in [1.54, 1.807) is 5.32 Å². The first kappa shape index (κ1) is 31.4. The number of benzene rings is 1. The van der Waals surface area contributed by atoms with Crippen molar-refractivity contribution in [3.63, 3.8) is 0 Å². The number of amides is 3. The van der Waals surface area contributed by atoms with Crippen LogP contribution in [0.1, 0.15) is 63.9 Å². The standard InChI is InChI=1S/C27H34F6N4O3/c1-14-3-5-16(6-4-14)21(34)24(38)35-20-8-7-18(13-19(20)28)15(2)22(36-26(40)27(31,32)33)25(39)37-11-9-17(10-12-37)23(29)30/h7-8,13-16,21-22H,3-6,9-12,34H2,1-2H3,(H,35,38)(H,36,40)/t14?,15-,16?,21-,22+/m0/s1. The van der Waals surface area contributed by atoms with Gasteiger partial charge in [-0.3, -0.25) is 14.4 Å². The summed E-state index contributed by atoms with van der Waals surface area (Å²) in [5.74, 6) is -5.36. The molecule has 1 aliphatic heterocycles. The molecular formula is C27H34F6N4O3. The number of nitrogens with one attached hydrogen (secondary N) is 2. The van der Waals surface area contributed by atoms with Crippen LogP contribution in [0.5, 0.6) is 0 Å². The molecule has 0 bridgehead atoms. The van der Waals surface area contributed by atoms with Crippen molar-refractivity contribution in [1.82, 2.24) is 10.2 Å². The Morgan fingerprint density at radius 1 is 1.05 bits per heavy atom. The number of hydrogen-bond donors (Lipinski definition) is 3. The fourth-order valence-corrected chi connectivity index (χ4v) is 5.19. The highest BCUT2D eigenvalue weighted by atomic mass is 19.4. The van der Waals surface area contributed by atoms with Crippen LogP contribution in [0.3, 0.4) is 0 Å². The normalized spacial score (nSPS) is 22.2. The zero-order valence-corrected chi connectivity index (χ0v) is 22.3. The summed E-state index contributed by atoms with van der Waals surface area (Å²) in [7, 11) is 0. The van der Waals surface area contributed by atoms with Crippen molar-refractivity contribution in [2.75, 3.05) is 18.4 Å². The second kappa shape index (κ2) is 13.0. The number of alkyl halides is 3. The van der Waals surface area contributed by atoms with E-state index in [4.69, 9.17) is 5.73 Å². The van der Waals surface area contributed by atoms with E-state index in [9.17, 15) is 36.3 Å². The summed E-state index contributed by atoms with van der Waals surface area (Å²) in [6, 6.07) is 0.910. The van der Waals surface area contributed by atoms with Crippen molar-refractivity contribution in [3.8, 4) is 0 Å². The van der Waals surface area contributed by atoms with Gasteiger partial charge in [0.15, 0.2) is 0 Å². The Kier molecular flexibility index (Phi) is 10.3. The Morgan fingerprint density at radius 2 is 1.65 bits per heavy atom. The second-order valence-corrected chi connectivity index (χ2v) is 10.7. The molecule has 3 atom stereocenters. The molecule has 1 aromatic rings. The van der Waals surface area contributed by atoms with E-state index in [1.165, 1.54) is 19.1 Å². The van der Waals surface area contributed by atoms with Gasteiger partial charge in [-0.2, -0.15) is 22.0 Å². The van der Waals surface area contributed by atoms with Crippen LogP contribution in [0.2, 0.25) is 0 Å². The van der Waals surface area contributed by atoms with E-state index in [0.29, 0.717) is 5.92 Å². The first-order valence-electron chi connectivity index (χ1n) is 13.2. The van der Waals surface area contributed by atoms with Crippen LogP contribution in [0.25, 0.3) is 0 Å². The lowest BCUT2D eigenvalue weighted by molar-refractivity contribution is -0.175. The highest BCUT2D eigenvalue weighted by molar-refractivity contribution is 5.95. The van der Waals surface area contributed by atoms with Crippen LogP contribution in [-0.2, 0) is 14.4 Å². The first-order chi connectivity index (χ1) is 18.7. The summed E-state index contributed by atoms with van der Waals surface area (Å²) in [4.78, 5) is 38.7. The van der Waals surface area contributed by atoms with Gasteiger partial charge in [0.1, 0.15) is 11.9 Å². The maximum atomic E-state index is 15.0. The van der Waals surface area contributed by atoms with Crippen LogP contribution in [0.15, 0.2) is 29.9 Å². The van der Waals surface area contributed by atoms with Crippen LogP contribution in [0.4, 0.5) is 32.0 Å². The summed E-state index contributed by atoms with van der Waals surface area (Å²) in [6.07, 6.45) is -4.02. The van der Waals surface area contributed by atoms with Crippen LogP contribution < -0.4 is 16.4 Å². The van der Waals surface area contributed by atoms with Gasteiger partial charge in [0, 0.05) is 19.0 Å². The van der Waals surface area contributed by atoms with Crippen molar-refractivity contribution in [2.24, 2.45) is 17.6 Å². The fraction of sp³-hybridized carbons (Fsp3) is 0.593. The quantitative estimate of drug-likeness (QED) is 0.404. The molecule has 13 heteroatoms. The third-order valence-corrected chi connectivity index (χ3v) is 7.90. The Bertz CT molecular complexity index is 1120. The minimum Gasteiger partial charge on any atom is -0.340 e. The number of nitrogens with zero attached hydrogens (tertiary/aromatic N) is 1. The topological polar surface area (TPSA) is 105 Å². The van der Waals surface area contributed by atoms with Gasteiger partial charge in [-0.1, -0.05) is 32.8 Å². The predicted molar refractivity (Wildman–Crippen MR) is 136 cm³/mol. The smallest absolute Gasteiger partial charge is 0.340 e. The Morgan fingerprint density at radius 3 is 2.17 bits per heavy atom. The lowest BCUT2D eigenvalue weighted by Gasteiger charge is -2.34. The van der Waals surface area contributed by atoms with Crippen molar-refractivity contribution < 1.29 is 40.7 Å². The van der Waals surface area contributed by atoms with Gasteiger partial charge in [-0.05, 0) is 60.8 Å². The third-order valence-electron chi connectivity index (χ3n) is 7.90. The van der Waals surface area contributed by atoms with Gasteiger partial charge >= 0.3 is 12.1 Å². The summed E-state index contributed by atoms with van der Waals surface area (Å²) in [5.41, 5.74) is 5.85. The molecule has 7 nitrogen and oxygen atoms in total. The van der Waals surface area contributed by atoms with Gasteiger partial charge < -0.3 is 21.3 Å². The number of anilines is 1. The fourth-order valence-electron chi connectivity index (χ4n) is 5.19. The first-order valence-corrected chi connectivity index (χ1v) is 13.2. The average Bonchev–Trinajstić information content (AvgIpc) is 2.91. The lowest BCUT2D eigenvalue weighted by atomic mass is 9.79. The van der Waals surface area contributed by atoms with Gasteiger partial charge in [0.2, 0.25) is 11.8 Å². The van der Waals surface area contributed by atoms with E-state index >= 15 is 4.39 Å². The molecule has 0 unspecified atom stereocenters. The largest absolute Gasteiger partial charge is 0.471 e. The molecule has 0 aromatic heterocycles. The molecule has 2 fully saturated rings. The summed E-state index contributed by atoms with van der Waals surface area (Å²) >= 11 is 0. The van der Waals surface area contributed by atoms with Gasteiger partial charge in [-0.25, -0.2) is 4.39 Å². The molecule has 3 rings (SSSR count). The number of halogens is 6. The lowest BCUT2D eigenvalue weighted by Crippen LogP contribution is -2.54. The number of likely N-dealkylation sites (tertiary alicyclic amines) is 1. The second-order valence-electron chi connectivity index (χ2n) is 10.7. The highest BCUT2D eigenvalue weighted by Crippen LogP contribution is 2.31. The SMILES string of the molecule is CC1CCC([C@H](N)C(=O)Nc2ccc([C@H](C)[C@@H](NC(=O)C(F)(F)F)C(=O)N3CCC(=C(F)F)CC3)cc2F)CC1. The average molecular weight is 577 g/mol. The van der Waals surface area contributed by atoms with Crippen LogP contribution in [-0.4, -0.2) is 54.0 Å². The maximum Gasteiger partial charge on any atom is 0.471 e. The summed E-state index contributed by atoms with van der Waals surface area (Å²) in [5, 5.41) is 4.14. The minimum atomic E-state index is -5.29. The monoisotopic (exact) mass is 576 g/mol. The van der Waals surface area contributed by atoms with E-state index in [-0.39, 0.29) is 48.7 Å². The van der Waals surface area contributed by atoms with E-state index in [2.05, 4.69) is 12.2 Å². The van der Waals surface area contributed by atoms with E-state index in [1.807, 2.05) is 0 Å². The number of nitrogens with two attached hydrogens (primary N) is 1. The molecule has 1 aliphatic carbocycles. The molecular weight excluding hydrogens is 542 g/mol. The van der Waals surface area contributed by atoms with Crippen LogP contribution in [0, 0.1) is 17.7 Å². The zero-order valence-electron chi connectivity index (χ0n) is 22.3. The maximum absolute atomic E-state index is 15.0. The van der Waals surface area contributed by atoms with Gasteiger partial charge in [0.05, 0.1) is 11.7 Å². The van der Waals surface area contributed by atoms with E-state index < -0.39 is 53.8 Å². The number of piperidine rings is 1. The zero-order chi connectivity index (χ0) is 29.8. The van der Waals surface area contributed by atoms with Crippen molar-refractivity contribution >= 4 is 23.4 Å². The molecule has 1 saturated heterocycles. The molecule has 0 spiro atoms. The molecule has 3 amide bonds. The molecule has 0 radical (unpaired) electrons. The number of carbonyl (C=O) groups is 3. The summed E-state index contributed by atoms with van der Waals surface area (Å²) in [6.45, 7) is 3.12. The number of rotatable bonds is 7. The highest BCUT2D eigenvalue weighted by Gasteiger charge is 2.43. The number of carbonyl (C=O) groups excluding carboxylic acids is 3. The predicted octanol–water partition coefficient (Wildman–Crippen LogP) is 4.84. The van der Waals surface area contributed by atoms with Gasteiger partial charge in [0.25, 0.3) is 6.08 Å². The molecule has 40 heavy (non-hydrogen) atoms. The molecule has 1 heterocycles.